The SMILES string of the molecule is CCCOc1ccc(CNOCc2ccccc2)cc1. The highest BCUT2D eigenvalue weighted by Crippen LogP contribution is 2.12. The zero-order chi connectivity index (χ0) is 14.0. The molecule has 0 spiro atoms. The summed E-state index contributed by atoms with van der Waals surface area (Å²) in [4.78, 5) is 5.44. The number of hydroxylamine groups is 1. The first-order valence-electron chi connectivity index (χ1n) is 6.99. The van der Waals surface area contributed by atoms with Crippen molar-refractivity contribution in [3.8, 4) is 5.75 Å². The highest BCUT2D eigenvalue weighted by molar-refractivity contribution is 5.27. The predicted octanol–water partition coefficient (Wildman–Crippen LogP) is 3.70. The van der Waals surface area contributed by atoms with Crippen LogP contribution in [0.2, 0.25) is 0 Å². The fraction of sp³-hybridized carbons (Fsp3) is 0.294. The zero-order valence-corrected chi connectivity index (χ0v) is 11.8. The van der Waals surface area contributed by atoms with Gasteiger partial charge < -0.3 is 4.74 Å². The standard InChI is InChI=1S/C17H21NO2/c1-2-12-19-17-10-8-15(9-11-17)13-18-20-14-16-6-4-3-5-7-16/h3-11,18H,2,12-14H2,1H3. The fourth-order valence-electron chi connectivity index (χ4n) is 1.77. The van der Waals surface area contributed by atoms with E-state index in [2.05, 4.69) is 12.4 Å². The van der Waals surface area contributed by atoms with Crippen LogP contribution in [0.4, 0.5) is 0 Å². The first kappa shape index (κ1) is 14.6. The summed E-state index contributed by atoms with van der Waals surface area (Å²) in [7, 11) is 0. The summed E-state index contributed by atoms with van der Waals surface area (Å²) in [6.45, 7) is 4.11. The van der Waals surface area contributed by atoms with Gasteiger partial charge in [0.15, 0.2) is 0 Å². The van der Waals surface area contributed by atoms with Crippen molar-refractivity contribution < 1.29 is 9.57 Å². The summed E-state index contributed by atoms with van der Waals surface area (Å²) >= 11 is 0. The van der Waals surface area contributed by atoms with Crippen LogP contribution in [0.3, 0.4) is 0 Å². The van der Waals surface area contributed by atoms with E-state index in [9.17, 15) is 0 Å². The van der Waals surface area contributed by atoms with Crippen LogP contribution in [0.15, 0.2) is 54.6 Å². The van der Waals surface area contributed by atoms with E-state index in [4.69, 9.17) is 9.57 Å². The normalized spacial score (nSPS) is 10.4. The van der Waals surface area contributed by atoms with Crippen LogP contribution in [0.5, 0.6) is 5.75 Å². The summed E-state index contributed by atoms with van der Waals surface area (Å²) in [6, 6.07) is 18.2. The lowest BCUT2D eigenvalue weighted by Crippen LogP contribution is -2.13. The van der Waals surface area contributed by atoms with Gasteiger partial charge in [-0.3, -0.25) is 4.84 Å². The molecule has 0 unspecified atom stereocenters. The number of benzene rings is 2. The van der Waals surface area contributed by atoms with Gasteiger partial charge in [-0.15, -0.1) is 0 Å². The number of nitrogens with one attached hydrogen (secondary N) is 1. The lowest BCUT2D eigenvalue weighted by atomic mass is 10.2. The highest BCUT2D eigenvalue weighted by Gasteiger charge is 1.96. The summed E-state index contributed by atoms with van der Waals surface area (Å²) in [5.41, 5.74) is 5.30. The predicted molar refractivity (Wildman–Crippen MR) is 80.3 cm³/mol. The maximum Gasteiger partial charge on any atom is 0.119 e. The first-order valence-corrected chi connectivity index (χ1v) is 6.99. The molecule has 0 aliphatic rings. The molecule has 0 fully saturated rings. The van der Waals surface area contributed by atoms with Gasteiger partial charge in [0.25, 0.3) is 0 Å². The van der Waals surface area contributed by atoms with Crippen LogP contribution in [0.1, 0.15) is 24.5 Å². The summed E-state index contributed by atoms with van der Waals surface area (Å²) in [5.74, 6) is 0.917. The maximum absolute atomic E-state index is 5.54. The van der Waals surface area contributed by atoms with Crippen molar-refractivity contribution in [1.82, 2.24) is 5.48 Å². The van der Waals surface area contributed by atoms with Gasteiger partial charge in [-0.1, -0.05) is 49.4 Å². The number of rotatable bonds is 8. The Hall–Kier alpha value is -1.84. The molecule has 1 N–H and O–H groups in total. The Morgan fingerprint density at radius 3 is 2.35 bits per heavy atom. The summed E-state index contributed by atoms with van der Waals surface area (Å²) in [6.07, 6.45) is 1.02. The molecule has 0 aromatic heterocycles. The Morgan fingerprint density at radius 1 is 0.900 bits per heavy atom. The maximum atomic E-state index is 5.54. The molecule has 0 amide bonds. The minimum atomic E-state index is 0.568. The van der Waals surface area contributed by atoms with Crippen LogP contribution in [-0.4, -0.2) is 6.61 Å². The minimum absolute atomic E-state index is 0.568. The van der Waals surface area contributed by atoms with Gasteiger partial charge in [0.05, 0.1) is 13.2 Å². The van der Waals surface area contributed by atoms with E-state index in [1.54, 1.807) is 0 Å². The molecule has 2 aromatic carbocycles. The molecule has 3 nitrogen and oxygen atoms in total. The number of hydrogen-bond donors (Lipinski definition) is 1. The van der Waals surface area contributed by atoms with Crippen molar-refractivity contribution in [2.24, 2.45) is 0 Å². The van der Waals surface area contributed by atoms with Gasteiger partial charge in [0, 0.05) is 6.54 Å². The molecule has 0 atom stereocenters. The summed E-state index contributed by atoms with van der Waals surface area (Å²) < 4.78 is 5.54. The van der Waals surface area contributed by atoms with E-state index in [1.165, 1.54) is 5.56 Å². The average molecular weight is 271 g/mol. The van der Waals surface area contributed by atoms with Gasteiger partial charge in [0.1, 0.15) is 5.75 Å². The fourth-order valence-corrected chi connectivity index (χ4v) is 1.77. The molecule has 0 aliphatic carbocycles. The molecule has 106 valence electrons. The zero-order valence-electron chi connectivity index (χ0n) is 11.8. The molecular formula is C17H21NO2. The first-order chi connectivity index (χ1) is 9.88. The van der Waals surface area contributed by atoms with Gasteiger partial charge in [-0.2, -0.15) is 5.48 Å². The van der Waals surface area contributed by atoms with Gasteiger partial charge >= 0.3 is 0 Å². The van der Waals surface area contributed by atoms with E-state index in [-0.39, 0.29) is 0 Å². The smallest absolute Gasteiger partial charge is 0.119 e. The third kappa shape index (κ3) is 5.03. The molecule has 0 bridgehead atoms. The Labute approximate surface area is 120 Å². The molecule has 2 rings (SSSR count). The number of hydrogen-bond acceptors (Lipinski definition) is 3. The molecule has 0 saturated heterocycles. The molecule has 0 heterocycles. The van der Waals surface area contributed by atoms with Crippen molar-refractivity contribution in [3.63, 3.8) is 0 Å². The lowest BCUT2D eigenvalue weighted by molar-refractivity contribution is 0.0235. The van der Waals surface area contributed by atoms with E-state index < -0.39 is 0 Å². The molecule has 20 heavy (non-hydrogen) atoms. The molecule has 0 saturated carbocycles. The quantitative estimate of drug-likeness (QED) is 0.586. The van der Waals surface area contributed by atoms with Crippen LogP contribution >= 0.6 is 0 Å². The molecule has 0 radical (unpaired) electrons. The van der Waals surface area contributed by atoms with Gasteiger partial charge in [-0.05, 0) is 29.7 Å². The van der Waals surface area contributed by atoms with Crippen LogP contribution in [-0.2, 0) is 18.0 Å². The van der Waals surface area contributed by atoms with Crippen molar-refractivity contribution in [3.05, 3.63) is 65.7 Å². The van der Waals surface area contributed by atoms with E-state index in [1.807, 2.05) is 54.6 Å². The monoisotopic (exact) mass is 271 g/mol. The Kier molecular flexibility index (Phi) is 6.08. The second kappa shape index (κ2) is 8.35. The highest BCUT2D eigenvalue weighted by atomic mass is 16.6. The Balaban J connectivity index is 1.69. The Bertz CT molecular complexity index is 482. The third-order valence-electron chi connectivity index (χ3n) is 2.86. The van der Waals surface area contributed by atoms with E-state index in [0.29, 0.717) is 13.2 Å². The second-order valence-corrected chi connectivity index (χ2v) is 4.59. The third-order valence-corrected chi connectivity index (χ3v) is 2.86. The van der Waals surface area contributed by atoms with Crippen molar-refractivity contribution in [1.29, 1.82) is 0 Å². The molecule has 2 aromatic rings. The second-order valence-electron chi connectivity index (χ2n) is 4.59. The Morgan fingerprint density at radius 2 is 1.65 bits per heavy atom. The topological polar surface area (TPSA) is 30.5 Å². The van der Waals surface area contributed by atoms with Crippen LogP contribution in [0, 0.1) is 0 Å². The molecule has 0 aliphatic heterocycles. The lowest BCUT2D eigenvalue weighted by Gasteiger charge is -2.08. The summed E-state index contributed by atoms with van der Waals surface area (Å²) in [5, 5.41) is 0. The van der Waals surface area contributed by atoms with E-state index in [0.717, 1.165) is 24.3 Å². The number of ether oxygens (including phenoxy) is 1. The minimum Gasteiger partial charge on any atom is -0.494 e. The van der Waals surface area contributed by atoms with E-state index >= 15 is 0 Å². The van der Waals surface area contributed by atoms with Crippen molar-refractivity contribution >= 4 is 0 Å². The van der Waals surface area contributed by atoms with Gasteiger partial charge in [-0.25, -0.2) is 0 Å². The van der Waals surface area contributed by atoms with Gasteiger partial charge in [0.2, 0.25) is 0 Å². The average Bonchev–Trinajstić information content (AvgIpc) is 2.52. The molecular weight excluding hydrogens is 250 g/mol. The largest absolute Gasteiger partial charge is 0.494 e. The van der Waals surface area contributed by atoms with Crippen molar-refractivity contribution in [2.45, 2.75) is 26.5 Å². The van der Waals surface area contributed by atoms with Crippen molar-refractivity contribution in [2.75, 3.05) is 6.61 Å². The van der Waals surface area contributed by atoms with Crippen LogP contribution < -0.4 is 10.2 Å². The molecule has 3 heteroatoms. The van der Waals surface area contributed by atoms with Crippen LogP contribution in [0.25, 0.3) is 0 Å².